The molecule has 180 valence electrons. The van der Waals surface area contributed by atoms with Crippen molar-refractivity contribution in [1.29, 1.82) is 0 Å². The zero-order chi connectivity index (χ0) is 22.0. The second-order valence-electron chi connectivity index (χ2n) is 9.77. The number of hydrogen-bond donors (Lipinski definition) is 0. The van der Waals surface area contributed by atoms with E-state index in [9.17, 15) is 0 Å². The van der Waals surface area contributed by atoms with E-state index in [0.29, 0.717) is 0 Å². The van der Waals surface area contributed by atoms with Crippen molar-refractivity contribution < 1.29 is 18.6 Å². The average Bonchev–Trinajstić information content (AvgIpc) is 2.72. The number of hydrogen-bond acceptors (Lipinski definition) is 4. The van der Waals surface area contributed by atoms with Crippen LogP contribution in [0.4, 0.5) is 0 Å². The average molecular weight is 436 g/mol. The second-order valence-corrected chi connectivity index (χ2v) is 9.77. The Morgan fingerprint density at radius 1 is 0.387 bits per heavy atom. The molecule has 2 fully saturated rings. The molecule has 2 rings (SSSR count). The highest BCUT2D eigenvalue weighted by Gasteiger charge is 2.62. The molecule has 0 N–H and O–H groups in total. The van der Waals surface area contributed by atoms with E-state index in [1.165, 1.54) is 128 Å². The van der Waals surface area contributed by atoms with Crippen LogP contribution in [0.3, 0.4) is 0 Å². The molecule has 6 heteroatoms. The molecule has 0 aromatic heterocycles. The molecule has 0 aromatic rings. The van der Waals surface area contributed by atoms with Crippen molar-refractivity contribution in [3.63, 3.8) is 0 Å². The van der Waals surface area contributed by atoms with Crippen molar-refractivity contribution in [3.05, 3.63) is 0 Å². The van der Waals surface area contributed by atoms with Crippen LogP contribution in [0.15, 0.2) is 0 Å². The van der Waals surface area contributed by atoms with Crippen LogP contribution in [0.1, 0.15) is 142 Å². The van der Waals surface area contributed by atoms with Gasteiger partial charge >= 0.3 is 20.4 Å². The van der Waals surface area contributed by atoms with Crippen molar-refractivity contribution in [1.82, 2.24) is 0 Å². The van der Waals surface area contributed by atoms with Crippen molar-refractivity contribution in [3.8, 4) is 0 Å². The van der Waals surface area contributed by atoms with Crippen LogP contribution >= 0.6 is 0 Å². The molecule has 0 atom stereocenters. The molecule has 0 unspecified atom stereocenters. The summed E-state index contributed by atoms with van der Waals surface area (Å²) in [5, 5.41) is 0. The van der Waals surface area contributed by atoms with E-state index in [1.54, 1.807) is 0 Å². The first-order valence-electron chi connectivity index (χ1n) is 14.0. The van der Waals surface area contributed by atoms with Crippen molar-refractivity contribution in [2.75, 3.05) is 0 Å². The molecule has 2 heterocycles. The van der Waals surface area contributed by atoms with Crippen LogP contribution in [0, 0.1) is 0 Å². The fraction of sp³-hybridized carbons (Fsp3) is 1.00. The van der Waals surface area contributed by atoms with E-state index >= 15 is 0 Å². The van der Waals surface area contributed by atoms with Crippen LogP contribution in [-0.2, 0) is 18.6 Å². The Morgan fingerprint density at radius 3 is 0.935 bits per heavy atom. The third-order valence-corrected chi connectivity index (χ3v) is 6.69. The van der Waals surface area contributed by atoms with Gasteiger partial charge < -0.3 is 18.6 Å². The highest BCUT2D eigenvalue weighted by atomic mass is 17.1. The van der Waals surface area contributed by atoms with Crippen LogP contribution < -0.4 is 0 Å². The quantitative estimate of drug-likeness (QED) is 0.126. The van der Waals surface area contributed by atoms with Crippen LogP contribution in [0.25, 0.3) is 0 Å². The van der Waals surface area contributed by atoms with Gasteiger partial charge in [-0.25, -0.2) is 0 Å². The Kier molecular flexibility index (Phi) is 15.3. The van der Waals surface area contributed by atoms with Gasteiger partial charge in [-0.15, -0.1) is 0 Å². The molecule has 0 amide bonds. The molecular weight excluding hydrogens is 386 g/mol. The molecule has 0 radical (unpaired) electrons. The minimum atomic E-state index is -1.13. The Labute approximate surface area is 194 Å². The molecule has 2 saturated heterocycles. The van der Waals surface area contributed by atoms with E-state index in [-0.39, 0.29) is 14.2 Å². The first-order valence-corrected chi connectivity index (χ1v) is 14.0. The molecule has 31 heavy (non-hydrogen) atoms. The van der Waals surface area contributed by atoms with E-state index in [0.717, 1.165) is 12.6 Å². The first kappa shape index (κ1) is 27.2. The highest BCUT2D eigenvalue weighted by Crippen LogP contribution is 2.41. The summed E-state index contributed by atoms with van der Waals surface area (Å²) in [5.41, 5.74) is 0. The Bertz CT molecular complexity index is 371. The van der Waals surface area contributed by atoms with Gasteiger partial charge in [0.1, 0.15) is 0 Å². The van der Waals surface area contributed by atoms with Crippen LogP contribution in [-0.4, -0.2) is 20.4 Å². The largest absolute Gasteiger partial charge is 0.468 e. The molecule has 1 spiro atoms. The van der Waals surface area contributed by atoms with Gasteiger partial charge in [0.15, 0.2) is 0 Å². The summed E-state index contributed by atoms with van der Waals surface area (Å²) in [6, 6.07) is 0. The molecule has 2 aliphatic heterocycles. The lowest BCUT2D eigenvalue weighted by atomic mass is 9.76. The van der Waals surface area contributed by atoms with Gasteiger partial charge in [0.2, 0.25) is 0 Å². The molecule has 0 bridgehead atoms. The fourth-order valence-corrected chi connectivity index (χ4v) is 4.61. The SMILES string of the molecule is CCCCCCCCCCCCB1OC2(O1)OB(CCCCCCCCCCCC)O2. The highest BCUT2D eigenvalue weighted by molar-refractivity contribution is 6.50. The summed E-state index contributed by atoms with van der Waals surface area (Å²) in [7, 11) is -0.264. The predicted molar refractivity (Wildman–Crippen MR) is 132 cm³/mol. The summed E-state index contributed by atoms with van der Waals surface area (Å²) in [6.07, 6.45) is 27.8. The molecule has 2 aliphatic rings. The maximum absolute atomic E-state index is 5.71. The Morgan fingerprint density at radius 2 is 0.645 bits per heavy atom. The van der Waals surface area contributed by atoms with Crippen molar-refractivity contribution >= 4 is 14.2 Å². The summed E-state index contributed by atoms with van der Waals surface area (Å²) in [5.74, 6) is 0. The lowest BCUT2D eigenvalue weighted by Crippen LogP contribution is -2.70. The Balaban J connectivity index is 1.28. The van der Waals surface area contributed by atoms with Gasteiger partial charge in [-0.2, -0.15) is 0 Å². The van der Waals surface area contributed by atoms with Crippen molar-refractivity contribution in [2.24, 2.45) is 0 Å². The number of rotatable bonds is 22. The molecular formula is C25H50B2O4. The van der Waals surface area contributed by atoms with Gasteiger partial charge in [0, 0.05) is 0 Å². The third-order valence-electron chi connectivity index (χ3n) is 6.69. The van der Waals surface area contributed by atoms with Crippen LogP contribution in [0.2, 0.25) is 12.6 Å². The van der Waals surface area contributed by atoms with Gasteiger partial charge in [0.05, 0.1) is 0 Å². The maximum atomic E-state index is 5.71. The van der Waals surface area contributed by atoms with Gasteiger partial charge in [-0.05, 0) is 12.6 Å². The summed E-state index contributed by atoms with van der Waals surface area (Å²) >= 11 is 0. The van der Waals surface area contributed by atoms with Crippen molar-refractivity contribution in [2.45, 2.75) is 161 Å². The molecule has 4 nitrogen and oxygen atoms in total. The van der Waals surface area contributed by atoms with E-state index in [4.69, 9.17) is 18.6 Å². The maximum Gasteiger partial charge on any atom is 0.468 e. The molecule has 0 aromatic carbocycles. The zero-order valence-electron chi connectivity index (χ0n) is 20.8. The normalized spacial score (nSPS) is 17.2. The van der Waals surface area contributed by atoms with E-state index in [1.807, 2.05) is 0 Å². The third kappa shape index (κ3) is 12.1. The van der Waals surface area contributed by atoms with E-state index in [2.05, 4.69) is 13.8 Å². The summed E-state index contributed by atoms with van der Waals surface area (Å²) in [6.45, 7) is 4.55. The number of unbranched alkanes of at least 4 members (excludes halogenated alkanes) is 18. The topological polar surface area (TPSA) is 36.9 Å². The molecule has 0 aliphatic carbocycles. The Hall–Kier alpha value is -0.0301. The first-order chi connectivity index (χ1) is 15.3. The molecule has 0 saturated carbocycles. The summed E-state index contributed by atoms with van der Waals surface area (Å²) in [4.78, 5) is 0. The smallest absolute Gasteiger partial charge is 0.338 e. The van der Waals surface area contributed by atoms with Gasteiger partial charge in [-0.1, -0.05) is 142 Å². The minimum Gasteiger partial charge on any atom is -0.338 e. The lowest BCUT2D eigenvalue weighted by molar-refractivity contribution is -0.492. The monoisotopic (exact) mass is 436 g/mol. The fourth-order valence-electron chi connectivity index (χ4n) is 4.61. The lowest BCUT2D eigenvalue weighted by Gasteiger charge is -2.52. The zero-order valence-corrected chi connectivity index (χ0v) is 20.8. The van der Waals surface area contributed by atoms with Crippen LogP contribution in [0.5, 0.6) is 0 Å². The van der Waals surface area contributed by atoms with E-state index < -0.39 is 6.16 Å². The standard InChI is InChI=1S/C25H50B2O4/c1-3-5-7-9-11-13-15-17-19-21-23-26-28-25(29-26)30-27(31-25)24-22-20-18-16-14-12-10-8-6-4-2/h3-24H2,1-2H3. The minimum absolute atomic E-state index is 0.132. The summed E-state index contributed by atoms with van der Waals surface area (Å²) < 4.78 is 22.8. The predicted octanol–water partition coefficient (Wildman–Crippen LogP) is 8.51. The second kappa shape index (κ2) is 17.4. The van der Waals surface area contributed by atoms with Gasteiger partial charge in [0.25, 0.3) is 0 Å². The van der Waals surface area contributed by atoms with Gasteiger partial charge in [-0.3, -0.25) is 0 Å².